The zero-order chi connectivity index (χ0) is 52.5. The first-order chi connectivity index (χ1) is 35.4. The van der Waals surface area contributed by atoms with E-state index in [4.69, 9.17) is 16.6 Å². The molecule has 4 saturated heterocycles. The van der Waals surface area contributed by atoms with Gasteiger partial charge in [0.25, 0.3) is 0 Å². The molecule has 0 unspecified atom stereocenters. The Morgan fingerprint density at radius 2 is 1.59 bits per heavy atom. The van der Waals surface area contributed by atoms with E-state index in [2.05, 4.69) is 46.3 Å². The number of thiazole rings is 1. The highest BCUT2D eigenvalue weighted by atomic mass is 35.5. The largest absolute Gasteiger partial charge is 0.391 e. The maximum atomic E-state index is 14.7. The number of aliphatic hydroxyl groups excluding tert-OH is 1. The van der Waals surface area contributed by atoms with Gasteiger partial charge in [-0.1, -0.05) is 94.5 Å². The summed E-state index contributed by atoms with van der Waals surface area (Å²) in [6, 6.07) is 14.0. The van der Waals surface area contributed by atoms with Crippen molar-refractivity contribution in [2.45, 2.75) is 131 Å². The number of aliphatic hydroxyl groups is 1. The van der Waals surface area contributed by atoms with Crippen LogP contribution in [0.15, 0.2) is 54.0 Å². The molecule has 4 fully saturated rings. The second kappa shape index (κ2) is 22.6. The molecule has 2 aromatic heterocycles. The van der Waals surface area contributed by atoms with Crippen LogP contribution in [0.25, 0.3) is 21.5 Å². The first-order valence-corrected chi connectivity index (χ1v) is 28.1. The van der Waals surface area contributed by atoms with Crippen LogP contribution in [-0.2, 0) is 20.9 Å². The topological polar surface area (TPSA) is 151 Å². The number of imidazole rings is 1. The number of likely N-dealkylation sites (tertiary alicyclic amines) is 1. The fraction of sp³-hybridized carbons (Fsp3) is 0.561. The Kier molecular flexibility index (Phi) is 16.4. The summed E-state index contributed by atoms with van der Waals surface area (Å²) in [6.45, 7) is 22.7. The number of nitrogens with zero attached hydrogens (tertiary/aromatic N) is 7. The number of rotatable bonds is 19. The second-order valence-corrected chi connectivity index (χ2v) is 24.2. The summed E-state index contributed by atoms with van der Waals surface area (Å²) in [4.78, 5) is 60.9. The predicted molar refractivity (Wildman–Crippen MR) is 295 cm³/mol. The molecule has 0 bridgehead atoms. The fourth-order valence-electron chi connectivity index (χ4n) is 11.5. The number of benzene rings is 3. The predicted octanol–water partition coefficient (Wildman–Crippen LogP) is 8.56. The molecule has 1 spiro atoms. The molecule has 0 aliphatic carbocycles. The van der Waals surface area contributed by atoms with E-state index in [0.29, 0.717) is 34.5 Å². The normalized spacial score (nSPS) is 19.7. The Morgan fingerprint density at radius 1 is 0.919 bits per heavy atom. The van der Waals surface area contributed by atoms with Crippen LogP contribution in [0.5, 0.6) is 0 Å². The molecule has 0 saturated carbocycles. The van der Waals surface area contributed by atoms with Gasteiger partial charge in [-0.05, 0) is 92.4 Å². The molecular formula is C57H76ClFN10O4S. The maximum Gasteiger partial charge on any atom is 0.246 e. The second-order valence-electron chi connectivity index (χ2n) is 22.9. The van der Waals surface area contributed by atoms with Gasteiger partial charge < -0.3 is 40.3 Å². The average molecular weight is 1050 g/mol. The van der Waals surface area contributed by atoms with Crippen molar-refractivity contribution in [2.24, 2.45) is 10.8 Å². The molecule has 4 atom stereocenters. The molecule has 14 nitrogen and oxygen atoms in total. The van der Waals surface area contributed by atoms with Gasteiger partial charge in [0.15, 0.2) is 0 Å². The summed E-state index contributed by atoms with van der Waals surface area (Å²) in [5.74, 6) is -0.0552. The molecule has 6 heterocycles. The first kappa shape index (κ1) is 53.7. The monoisotopic (exact) mass is 1050 g/mol. The Bertz CT molecular complexity index is 2790. The van der Waals surface area contributed by atoms with Crippen molar-refractivity contribution in [3.63, 3.8) is 0 Å². The van der Waals surface area contributed by atoms with Crippen molar-refractivity contribution in [1.82, 2.24) is 40.3 Å². The SMILES string of the molecule is Cc1cc(Cn2c(N3CC4(CNC4)C3)nc3c(N4CCN(CCCCCCCCC(=O)N[C@H](C(=O)N5C[C@@H](O)C[C@H]5C(=O)N[C@@H](C)c5ccc(-c6scnc6C)cc5)C(C)(C)C)CC4)cc(Cl)cc32)cc(C)c1F. The zero-order valence-electron chi connectivity index (χ0n) is 44.4. The van der Waals surface area contributed by atoms with Crippen LogP contribution in [0, 0.1) is 37.4 Å². The third-order valence-electron chi connectivity index (χ3n) is 15.9. The molecule has 4 aliphatic heterocycles. The number of amides is 3. The number of unbranched alkanes of at least 4 members (excludes halogenated alkanes) is 5. The first-order valence-electron chi connectivity index (χ1n) is 26.8. The molecule has 9 rings (SSSR count). The lowest BCUT2D eigenvalue weighted by Gasteiger charge is -2.56. The van der Waals surface area contributed by atoms with E-state index in [1.807, 2.05) is 96.4 Å². The van der Waals surface area contributed by atoms with Crippen LogP contribution in [0.4, 0.5) is 16.0 Å². The smallest absolute Gasteiger partial charge is 0.246 e. The van der Waals surface area contributed by atoms with E-state index in [1.54, 1.807) is 11.3 Å². The van der Waals surface area contributed by atoms with Crippen molar-refractivity contribution in [3.05, 3.63) is 92.8 Å². The summed E-state index contributed by atoms with van der Waals surface area (Å²) in [5, 5.41) is 20.9. The minimum atomic E-state index is -0.851. The number of hydrogen-bond acceptors (Lipinski definition) is 11. The highest BCUT2D eigenvalue weighted by Crippen LogP contribution is 2.41. The third-order valence-corrected chi connectivity index (χ3v) is 17.0. The number of carbonyl (C=O) groups is 3. The quantitative estimate of drug-likeness (QED) is 0.0593. The standard InChI is InChI=1S/C57H76ClFN10O4S/c1-36-24-40(25-37(2)49(36)59)29-69-46-27-43(58)26-45(50(46)64-55(69)67-33-57(34-67)31-60-32-57)66-22-20-65(21-23-66)19-13-11-9-8-10-12-14-48(71)63-52(56(5,6)7)54(73)68-30-44(70)28-47(68)53(72)62-38(3)41-15-17-42(18-16-41)51-39(4)61-35-74-51/h15-18,24-27,35,38,44,47,52,60,70H,8-14,19-23,28-34H2,1-7H3,(H,62,72)(H,63,71)/t38-,44-,47-,52+/m0/s1. The van der Waals surface area contributed by atoms with Crippen molar-refractivity contribution < 1.29 is 23.9 Å². The molecule has 5 aromatic rings. The minimum Gasteiger partial charge on any atom is -0.391 e. The third kappa shape index (κ3) is 11.9. The highest BCUT2D eigenvalue weighted by molar-refractivity contribution is 7.13. The summed E-state index contributed by atoms with van der Waals surface area (Å²) < 4.78 is 16.9. The van der Waals surface area contributed by atoms with E-state index in [9.17, 15) is 23.9 Å². The molecule has 4 aliphatic rings. The lowest BCUT2D eigenvalue weighted by atomic mass is 9.75. The maximum absolute atomic E-state index is 14.7. The summed E-state index contributed by atoms with van der Waals surface area (Å²) in [7, 11) is 0. The molecule has 4 N–H and O–H groups in total. The molecule has 3 amide bonds. The average Bonchev–Trinajstić information content (AvgIpc) is 4.05. The van der Waals surface area contributed by atoms with Crippen molar-refractivity contribution in [3.8, 4) is 10.4 Å². The van der Waals surface area contributed by atoms with Crippen LogP contribution in [-0.4, -0.2) is 131 Å². The molecule has 0 radical (unpaired) electrons. The van der Waals surface area contributed by atoms with Crippen molar-refractivity contribution in [2.75, 3.05) is 75.2 Å². The number of fused-ring (bicyclic) bond motifs is 1. The number of nitrogens with one attached hydrogen (secondary N) is 3. The van der Waals surface area contributed by atoms with E-state index >= 15 is 0 Å². The van der Waals surface area contributed by atoms with Crippen LogP contribution < -0.4 is 25.8 Å². The molecular weight excluding hydrogens is 975 g/mol. The lowest BCUT2D eigenvalue weighted by molar-refractivity contribution is -0.144. The number of piperazine rings is 1. The Hall–Kier alpha value is -5.13. The summed E-state index contributed by atoms with van der Waals surface area (Å²) in [6.07, 6.45) is 5.65. The van der Waals surface area contributed by atoms with Gasteiger partial charge in [-0.25, -0.2) is 14.4 Å². The number of hydrogen-bond donors (Lipinski definition) is 4. The van der Waals surface area contributed by atoms with Gasteiger partial charge in [0.05, 0.1) is 46.0 Å². The number of β-amino-alcohol motifs (C(OH)–C–C–N with tert-alkyl or cyclic N) is 1. The molecule has 74 heavy (non-hydrogen) atoms. The number of aryl methyl sites for hydroxylation is 3. The highest BCUT2D eigenvalue weighted by Gasteiger charge is 2.49. The lowest BCUT2D eigenvalue weighted by Crippen LogP contribution is -2.71. The van der Waals surface area contributed by atoms with Crippen molar-refractivity contribution >= 4 is 63.3 Å². The molecule has 17 heteroatoms. The van der Waals surface area contributed by atoms with Gasteiger partial charge in [0.2, 0.25) is 23.7 Å². The number of carbonyl (C=O) groups excluding carboxylic acids is 3. The van der Waals surface area contributed by atoms with Crippen LogP contribution >= 0.6 is 22.9 Å². The van der Waals surface area contributed by atoms with Crippen LogP contribution in [0.2, 0.25) is 5.02 Å². The van der Waals surface area contributed by atoms with E-state index in [1.165, 1.54) is 4.90 Å². The van der Waals surface area contributed by atoms with Gasteiger partial charge in [-0.2, -0.15) is 0 Å². The summed E-state index contributed by atoms with van der Waals surface area (Å²) in [5.41, 5.74) is 9.90. The Balaban J connectivity index is 0.706. The number of anilines is 2. The number of halogens is 2. The van der Waals surface area contributed by atoms with Crippen LogP contribution in [0.3, 0.4) is 0 Å². The number of aromatic nitrogens is 3. The van der Waals surface area contributed by atoms with E-state index in [-0.39, 0.29) is 42.5 Å². The van der Waals surface area contributed by atoms with Gasteiger partial charge >= 0.3 is 0 Å². The van der Waals surface area contributed by atoms with Gasteiger partial charge in [0.1, 0.15) is 23.4 Å². The van der Waals surface area contributed by atoms with Crippen molar-refractivity contribution in [1.29, 1.82) is 0 Å². The molecule has 398 valence electrons. The minimum absolute atomic E-state index is 0.0341. The van der Waals surface area contributed by atoms with E-state index in [0.717, 1.165) is 147 Å². The van der Waals surface area contributed by atoms with Gasteiger partial charge in [-0.15, -0.1) is 11.3 Å². The zero-order valence-corrected chi connectivity index (χ0v) is 46.0. The Morgan fingerprint density at radius 3 is 2.23 bits per heavy atom. The molecule has 3 aromatic carbocycles. The Labute approximate surface area is 445 Å². The van der Waals surface area contributed by atoms with Gasteiger partial charge in [-0.3, -0.25) is 19.3 Å². The van der Waals surface area contributed by atoms with Gasteiger partial charge in [0, 0.05) is 82.2 Å². The fourth-order valence-corrected chi connectivity index (χ4v) is 12.5. The van der Waals surface area contributed by atoms with E-state index < -0.39 is 23.6 Å². The van der Waals surface area contributed by atoms with Crippen LogP contribution in [0.1, 0.15) is 113 Å². The summed E-state index contributed by atoms with van der Waals surface area (Å²) >= 11 is 8.49.